The minimum Gasteiger partial charge on any atom is -0.359 e. The van der Waals surface area contributed by atoms with Crippen LogP contribution in [0.4, 0.5) is 18.9 Å². The maximum Gasteiger partial charge on any atom is 0.417 e. The summed E-state index contributed by atoms with van der Waals surface area (Å²) >= 11 is 0. The Morgan fingerprint density at radius 3 is 2.36 bits per heavy atom. The summed E-state index contributed by atoms with van der Waals surface area (Å²) in [5.41, 5.74) is -1.36. The minimum absolute atomic E-state index is 0.140. The Kier molecular flexibility index (Phi) is 6.06. The molecule has 1 unspecified atom stereocenters. The number of piperidine rings is 1. The first-order valence-electron chi connectivity index (χ1n) is 11.4. The SMILES string of the molecule is CN(C)C(=O)C1CC2(CCN(C(=O)C3CCC3)CC2)CN1c1ccc(C#N)c(C(F)(F)F)c1. The fourth-order valence-electron chi connectivity index (χ4n) is 5.37. The third kappa shape index (κ3) is 4.40. The molecular weight excluding hydrogens is 433 g/mol. The van der Waals surface area contributed by atoms with Gasteiger partial charge in [0.25, 0.3) is 0 Å². The standard InChI is InChI=1S/C24H29F3N4O2/c1-29(2)22(33)20-13-23(8-10-30(11-9-23)21(32)16-4-3-5-16)15-31(20)18-7-6-17(14-28)19(12-18)24(25,26)27/h6-7,12,16,20H,3-5,8-11,13,15H2,1-2H3. The average Bonchev–Trinajstić information content (AvgIpc) is 3.10. The molecule has 178 valence electrons. The monoisotopic (exact) mass is 462 g/mol. The largest absolute Gasteiger partial charge is 0.417 e. The molecule has 2 aliphatic heterocycles. The molecule has 6 nitrogen and oxygen atoms in total. The van der Waals surface area contributed by atoms with Gasteiger partial charge in [-0.15, -0.1) is 0 Å². The summed E-state index contributed by atoms with van der Waals surface area (Å²) in [4.78, 5) is 30.8. The van der Waals surface area contributed by atoms with Gasteiger partial charge in [0.2, 0.25) is 11.8 Å². The number of alkyl halides is 3. The Morgan fingerprint density at radius 1 is 1.18 bits per heavy atom. The lowest BCUT2D eigenvalue weighted by atomic mass is 9.75. The van der Waals surface area contributed by atoms with Gasteiger partial charge in [-0.1, -0.05) is 6.42 Å². The van der Waals surface area contributed by atoms with E-state index in [2.05, 4.69) is 0 Å². The van der Waals surface area contributed by atoms with E-state index in [4.69, 9.17) is 5.26 Å². The lowest BCUT2D eigenvalue weighted by Crippen LogP contribution is -2.47. The minimum atomic E-state index is -4.66. The van der Waals surface area contributed by atoms with Crippen LogP contribution in [0.15, 0.2) is 18.2 Å². The zero-order valence-corrected chi connectivity index (χ0v) is 19.0. The highest BCUT2D eigenvalue weighted by Crippen LogP contribution is 2.47. The molecule has 2 heterocycles. The lowest BCUT2D eigenvalue weighted by Gasteiger charge is -2.41. The molecule has 4 rings (SSSR count). The van der Waals surface area contributed by atoms with Gasteiger partial charge in [0.05, 0.1) is 17.2 Å². The molecule has 0 aromatic heterocycles. The number of rotatable bonds is 3. The number of nitriles is 1. The van der Waals surface area contributed by atoms with Crippen molar-refractivity contribution in [1.82, 2.24) is 9.80 Å². The first kappa shape index (κ1) is 23.4. The molecule has 1 atom stereocenters. The van der Waals surface area contributed by atoms with E-state index in [1.165, 1.54) is 17.0 Å². The second kappa shape index (κ2) is 8.54. The molecule has 1 aliphatic carbocycles. The van der Waals surface area contributed by atoms with Gasteiger partial charge >= 0.3 is 6.18 Å². The number of likely N-dealkylation sites (tertiary alicyclic amines) is 1. The fourth-order valence-corrected chi connectivity index (χ4v) is 5.37. The first-order valence-corrected chi connectivity index (χ1v) is 11.4. The normalized spacial score (nSPS) is 22.7. The van der Waals surface area contributed by atoms with Crippen molar-refractivity contribution < 1.29 is 22.8 Å². The van der Waals surface area contributed by atoms with Crippen LogP contribution < -0.4 is 4.90 Å². The van der Waals surface area contributed by atoms with Gasteiger partial charge < -0.3 is 14.7 Å². The number of carbonyl (C=O) groups is 2. The number of hydrogen-bond acceptors (Lipinski definition) is 4. The van der Waals surface area contributed by atoms with Crippen LogP contribution in [-0.2, 0) is 15.8 Å². The predicted octanol–water partition coefficient (Wildman–Crippen LogP) is 3.65. The van der Waals surface area contributed by atoms with E-state index < -0.39 is 23.3 Å². The Bertz CT molecular complexity index is 973. The Morgan fingerprint density at radius 2 is 1.85 bits per heavy atom. The number of anilines is 1. The van der Waals surface area contributed by atoms with Crippen LogP contribution in [0.3, 0.4) is 0 Å². The van der Waals surface area contributed by atoms with Crippen LogP contribution in [0.5, 0.6) is 0 Å². The second-order valence-electron chi connectivity index (χ2n) is 9.87. The smallest absolute Gasteiger partial charge is 0.359 e. The Labute approximate surface area is 191 Å². The van der Waals surface area contributed by atoms with Crippen molar-refractivity contribution in [2.75, 3.05) is 38.6 Å². The molecule has 2 amide bonds. The van der Waals surface area contributed by atoms with Crippen molar-refractivity contribution in [3.63, 3.8) is 0 Å². The van der Waals surface area contributed by atoms with E-state index in [1.807, 2.05) is 4.90 Å². The summed E-state index contributed by atoms with van der Waals surface area (Å²) in [6.07, 6.45) is 0.330. The highest BCUT2D eigenvalue weighted by atomic mass is 19.4. The van der Waals surface area contributed by atoms with Crippen molar-refractivity contribution in [1.29, 1.82) is 5.26 Å². The van der Waals surface area contributed by atoms with Crippen LogP contribution in [0.2, 0.25) is 0 Å². The molecular formula is C24H29F3N4O2. The zero-order chi connectivity index (χ0) is 24.0. The van der Waals surface area contributed by atoms with Crippen molar-refractivity contribution in [2.24, 2.45) is 11.3 Å². The van der Waals surface area contributed by atoms with Gasteiger partial charge in [-0.05, 0) is 55.7 Å². The highest BCUT2D eigenvalue weighted by Gasteiger charge is 2.49. The van der Waals surface area contributed by atoms with Gasteiger partial charge in [-0.25, -0.2) is 0 Å². The third-order valence-corrected chi connectivity index (χ3v) is 7.59. The summed E-state index contributed by atoms with van der Waals surface area (Å²) in [5, 5.41) is 9.12. The summed E-state index contributed by atoms with van der Waals surface area (Å²) in [6.45, 7) is 1.69. The molecule has 3 aliphatic rings. The van der Waals surface area contributed by atoms with Gasteiger partial charge in [0, 0.05) is 45.3 Å². The maximum atomic E-state index is 13.6. The predicted molar refractivity (Wildman–Crippen MR) is 116 cm³/mol. The summed E-state index contributed by atoms with van der Waals surface area (Å²) < 4.78 is 40.7. The fraction of sp³-hybridized carbons (Fsp3) is 0.625. The van der Waals surface area contributed by atoms with E-state index in [1.54, 1.807) is 25.1 Å². The molecule has 3 fully saturated rings. The van der Waals surface area contributed by atoms with Crippen LogP contribution in [0, 0.1) is 22.7 Å². The summed E-state index contributed by atoms with van der Waals surface area (Å²) in [5.74, 6) is 0.202. The number of hydrogen-bond donors (Lipinski definition) is 0. The zero-order valence-electron chi connectivity index (χ0n) is 19.0. The van der Waals surface area contributed by atoms with Crippen molar-refractivity contribution in [3.05, 3.63) is 29.3 Å². The van der Waals surface area contributed by atoms with Crippen molar-refractivity contribution in [2.45, 2.75) is 50.7 Å². The number of halogens is 3. The van der Waals surface area contributed by atoms with Gasteiger partial charge in [0.1, 0.15) is 6.04 Å². The molecule has 1 spiro atoms. The van der Waals surface area contributed by atoms with E-state index in [-0.39, 0.29) is 23.1 Å². The third-order valence-electron chi connectivity index (χ3n) is 7.59. The number of amides is 2. The van der Waals surface area contributed by atoms with Crippen LogP contribution in [-0.4, -0.2) is 61.4 Å². The van der Waals surface area contributed by atoms with Crippen LogP contribution in [0.25, 0.3) is 0 Å². The molecule has 33 heavy (non-hydrogen) atoms. The van der Waals surface area contributed by atoms with Crippen LogP contribution >= 0.6 is 0 Å². The second-order valence-corrected chi connectivity index (χ2v) is 9.87. The lowest BCUT2D eigenvalue weighted by molar-refractivity contribution is -0.140. The van der Waals surface area contributed by atoms with Gasteiger partial charge in [-0.2, -0.15) is 18.4 Å². The summed E-state index contributed by atoms with van der Waals surface area (Å²) in [7, 11) is 3.29. The number of carbonyl (C=O) groups excluding carboxylic acids is 2. The number of benzene rings is 1. The molecule has 0 N–H and O–H groups in total. The molecule has 9 heteroatoms. The van der Waals surface area contributed by atoms with Gasteiger partial charge in [0.15, 0.2) is 0 Å². The van der Waals surface area contributed by atoms with Crippen molar-refractivity contribution in [3.8, 4) is 6.07 Å². The van der Waals surface area contributed by atoms with E-state index >= 15 is 0 Å². The average molecular weight is 463 g/mol. The highest BCUT2D eigenvalue weighted by molar-refractivity contribution is 5.86. The topological polar surface area (TPSA) is 67.7 Å². The Balaban J connectivity index is 1.59. The molecule has 1 saturated carbocycles. The van der Waals surface area contributed by atoms with E-state index in [0.29, 0.717) is 31.7 Å². The van der Waals surface area contributed by atoms with Crippen LogP contribution in [0.1, 0.15) is 49.7 Å². The maximum absolute atomic E-state index is 13.6. The molecule has 1 aromatic rings. The van der Waals surface area contributed by atoms with Crippen molar-refractivity contribution >= 4 is 17.5 Å². The molecule has 1 aromatic carbocycles. The molecule has 2 saturated heterocycles. The summed E-state index contributed by atoms with van der Waals surface area (Å²) in [6, 6.07) is 4.70. The number of nitrogens with zero attached hydrogens (tertiary/aromatic N) is 4. The quantitative estimate of drug-likeness (QED) is 0.688. The Hall–Kier alpha value is -2.76. The number of likely N-dealkylation sites (N-methyl/N-ethyl adjacent to an activating group) is 1. The van der Waals surface area contributed by atoms with Gasteiger partial charge in [-0.3, -0.25) is 9.59 Å². The first-order chi connectivity index (χ1) is 15.5. The van der Waals surface area contributed by atoms with E-state index in [9.17, 15) is 22.8 Å². The van der Waals surface area contributed by atoms with E-state index in [0.717, 1.165) is 38.2 Å². The molecule has 0 radical (unpaired) electrons. The molecule has 0 bridgehead atoms.